The van der Waals surface area contributed by atoms with Crippen LogP contribution in [0.1, 0.15) is 58.4 Å². The molecule has 1 aliphatic heterocycles. The third kappa shape index (κ3) is 5.12. The van der Waals surface area contributed by atoms with Crippen LogP contribution >= 0.6 is 11.8 Å². The fourth-order valence-electron chi connectivity index (χ4n) is 4.53. The van der Waals surface area contributed by atoms with E-state index in [1.807, 2.05) is 16.7 Å². The molecule has 0 unspecified atom stereocenters. The summed E-state index contributed by atoms with van der Waals surface area (Å²) in [7, 11) is 0. The molecule has 186 valence electrons. The van der Waals surface area contributed by atoms with Gasteiger partial charge in [-0.25, -0.2) is 4.79 Å². The maximum absolute atomic E-state index is 12.9. The van der Waals surface area contributed by atoms with Crippen molar-refractivity contribution in [1.82, 2.24) is 30.5 Å². The van der Waals surface area contributed by atoms with Crippen molar-refractivity contribution in [2.45, 2.75) is 75.5 Å². The minimum Gasteiger partial charge on any atom is -0.322 e. The van der Waals surface area contributed by atoms with Crippen molar-refractivity contribution in [2.24, 2.45) is 0 Å². The number of hydrogen-bond acceptors (Lipinski definition) is 6. The summed E-state index contributed by atoms with van der Waals surface area (Å²) in [5.41, 5.74) is 3.77. The van der Waals surface area contributed by atoms with Crippen LogP contribution in [0.4, 0.5) is 4.79 Å². The molecule has 2 aliphatic rings. The largest absolute Gasteiger partial charge is 0.344 e. The standard InChI is InChI=1S/C25H32N6O3S/c1-5-15-30-20(17-9-11-18(12-10-17)24(2,3)4)27-28-23(30)35-16-19(32)29-31-21(33)25(26-22(31)34)13-7-6-8-14-25/h5,9-12H,1,6-8,13-16H2,2-4H3,(H,26,34)(H,29,32). The van der Waals surface area contributed by atoms with Gasteiger partial charge in [0.15, 0.2) is 11.0 Å². The molecule has 2 aromatic rings. The van der Waals surface area contributed by atoms with E-state index in [1.165, 1.54) is 17.3 Å². The Balaban J connectivity index is 1.43. The lowest BCUT2D eigenvalue weighted by atomic mass is 9.82. The second-order valence-electron chi connectivity index (χ2n) is 10.1. The van der Waals surface area contributed by atoms with E-state index in [2.05, 4.69) is 60.4 Å². The average Bonchev–Trinajstić information content (AvgIpc) is 3.32. The Kier molecular flexibility index (Phi) is 7.02. The summed E-state index contributed by atoms with van der Waals surface area (Å²) in [6.07, 6.45) is 5.75. The molecule has 0 atom stereocenters. The molecule has 10 heteroatoms. The quantitative estimate of drug-likeness (QED) is 0.343. The third-order valence-electron chi connectivity index (χ3n) is 6.48. The van der Waals surface area contributed by atoms with Gasteiger partial charge in [-0.2, -0.15) is 5.01 Å². The zero-order valence-corrected chi connectivity index (χ0v) is 21.3. The topological polar surface area (TPSA) is 109 Å². The van der Waals surface area contributed by atoms with Gasteiger partial charge in [-0.15, -0.1) is 16.8 Å². The van der Waals surface area contributed by atoms with Crippen molar-refractivity contribution >= 4 is 29.6 Å². The average molecular weight is 497 g/mol. The van der Waals surface area contributed by atoms with Gasteiger partial charge in [0.2, 0.25) is 5.91 Å². The van der Waals surface area contributed by atoms with E-state index in [1.54, 1.807) is 6.08 Å². The Morgan fingerprint density at radius 3 is 2.49 bits per heavy atom. The lowest BCUT2D eigenvalue weighted by Gasteiger charge is -2.30. The Morgan fingerprint density at radius 2 is 1.86 bits per heavy atom. The van der Waals surface area contributed by atoms with Gasteiger partial charge in [0, 0.05) is 12.1 Å². The predicted molar refractivity (Wildman–Crippen MR) is 134 cm³/mol. The van der Waals surface area contributed by atoms with Crippen LogP contribution in [-0.2, 0) is 21.5 Å². The van der Waals surface area contributed by atoms with Crippen LogP contribution in [0.3, 0.4) is 0 Å². The van der Waals surface area contributed by atoms with E-state index in [0.717, 1.165) is 29.8 Å². The minimum atomic E-state index is -0.878. The van der Waals surface area contributed by atoms with Crippen LogP contribution in [0.25, 0.3) is 11.4 Å². The molecule has 1 aromatic heterocycles. The number of amides is 4. The molecule has 0 bridgehead atoms. The molecule has 35 heavy (non-hydrogen) atoms. The maximum atomic E-state index is 12.9. The fraction of sp³-hybridized carbons (Fsp3) is 0.480. The highest BCUT2D eigenvalue weighted by atomic mass is 32.2. The molecule has 4 rings (SSSR count). The summed E-state index contributed by atoms with van der Waals surface area (Å²) in [6, 6.07) is 7.62. The van der Waals surface area contributed by atoms with E-state index in [0.29, 0.717) is 30.4 Å². The lowest BCUT2D eigenvalue weighted by molar-refractivity contribution is -0.139. The van der Waals surface area contributed by atoms with Gasteiger partial charge in [0.25, 0.3) is 5.91 Å². The molecule has 1 aliphatic carbocycles. The van der Waals surface area contributed by atoms with E-state index in [9.17, 15) is 14.4 Å². The van der Waals surface area contributed by atoms with E-state index in [4.69, 9.17) is 0 Å². The van der Waals surface area contributed by atoms with Crippen LogP contribution in [-0.4, -0.2) is 48.9 Å². The molecular weight excluding hydrogens is 464 g/mol. The summed E-state index contributed by atoms with van der Waals surface area (Å²) in [5, 5.41) is 12.8. The first kappa shape index (κ1) is 25.0. The van der Waals surface area contributed by atoms with Gasteiger partial charge in [-0.05, 0) is 23.8 Å². The highest BCUT2D eigenvalue weighted by molar-refractivity contribution is 7.99. The second kappa shape index (κ2) is 9.85. The normalized spacial score (nSPS) is 17.5. The van der Waals surface area contributed by atoms with E-state index >= 15 is 0 Å². The summed E-state index contributed by atoms with van der Waals surface area (Å²) in [5.74, 6) is -0.184. The smallest absolute Gasteiger partial charge is 0.322 e. The van der Waals surface area contributed by atoms with Gasteiger partial charge in [0.1, 0.15) is 5.54 Å². The molecule has 1 aromatic carbocycles. The third-order valence-corrected chi connectivity index (χ3v) is 7.44. The summed E-state index contributed by atoms with van der Waals surface area (Å²) in [6.45, 7) is 10.8. The molecule has 2 fully saturated rings. The van der Waals surface area contributed by atoms with E-state index < -0.39 is 17.5 Å². The van der Waals surface area contributed by atoms with Crippen molar-refractivity contribution in [1.29, 1.82) is 0 Å². The van der Waals surface area contributed by atoms with Crippen molar-refractivity contribution in [3.8, 4) is 11.4 Å². The molecule has 2 N–H and O–H groups in total. The number of carbonyl (C=O) groups is 3. The van der Waals surface area contributed by atoms with Crippen LogP contribution in [0.2, 0.25) is 0 Å². The van der Waals surface area contributed by atoms with Crippen molar-refractivity contribution in [2.75, 3.05) is 5.75 Å². The van der Waals surface area contributed by atoms with Gasteiger partial charge in [-0.1, -0.05) is 82.1 Å². The van der Waals surface area contributed by atoms with Crippen molar-refractivity contribution in [3.63, 3.8) is 0 Å². The van der Waals surface area contributed by atoms with Crippen LogP contribution in [0.15, 0.2) is 42.1 Å². The number of hydrogen-bond donors (Lipinski definition) is 2. The number of allylic oxidation sites excluding steroid dienone is 1. The number of imide groups is 1. The number of nitrogens with one attached hydrogen (secondary N) is 2. The molecule has 0 radical (unpaired) electrons. The number of urea groups is 1. The molecular formula is C25H32N6O3S. The van der Waals surface area contributed by atoms with Crippen LogP contribution in [0.5, 0.6) is 0 Å². The minimum absolute atomic E-state index is 0.0255. The molecule has 1 spiro atoms. The highest BCUT2D eigenvalue weighted by Gasteiger charge is 2.52. The second-order valence-corrected chi connectivity index (χ2v) is 11.0. The molecule has 9 nitrogen and oxygen atoms in total. The molecule has 1 saturated carbocycles. The van der Waals surface area contributed by atoms with Gasteiger partial charge in [0.05, 0.1) is 5.75 Å². The van der Waals surface area contributed by atoms with Gasteiger partial charge in [-0.3, -0.25) is 19.6 Å². The number of benzene rings is 1. The number of aromatic nitrogens is 3. The monoisotopic (exact) mass is 496 g/mol. The Hall–Kier alpha value is -3.14. The lowest BCUT2D eigenvalue weighted by Crippen LogP contribution is -2.51. The predicted octanol–water partition coefficient (Wildman–Crippen LogP) is 3.81. The van der Waals surface area contributed by atoms with E-state index in [-0.39, 0.29) is 17.1 Å². The maximum Gasteiger partial charge on any atom is 0.344 e. The zero-order valence-electron chi connectivity index (χ0n) is 20.5. The molecule has 2 heterocycles. The van der Waals surface area contributed by atoms with Gasteiger partial charge >= 0.3 is 6.03 Å². The molecule has 1 saturated heterocycles. The first-order chi connectivity index (χ1) is 16.6. The van der Waals surface area contributed by atoms with Crippen LogP contribution < -0.4 is 10.7 Å². The SMILES string of the molecule is C=CCn1c(SCC(=O)NN2C(=O)NC3(CCCCC3)C2=O)nnc1-c1ccc(C(C)(C)C)cc1. The number of thioether (sulfide) groups is 1. The van der Waals surface area contributed by atoms with Crippen molar-refractivity contribution in [3.05, 3.63) is 42.5 Å². The number of nitrogens with zero attached hydrogens (tertiary/aromatic N) is 4. The fourth-order valence-corrected chi connectivity index (χ4v) is 5.27. The van der Waals surface area contributed by atoms with Gasteiger partial charge < -0.3 is 5.32 Å². The van der Waals surface area contributed by atoms with Crippen LogP contribution in [0, 0.1) is 0 Å². The Labute approximate surface area is 209 Å². The summed E-state index contributed by atoms with van der Waals surface area (Å²) >= 11 is 1.19. The zero-order chi connectivity index (χ0) is 25.2. The first-order valence-electron chi connectivity index (χ1n) is 11.9. The highest BCUT2D eigenvalue weighted by Crippen LogP contribution is 2.33. The summed E-state index contributed by atoms with van der Waals surface area (Å²) < 4.78 is 1.89. The number of rotatable bonds is 7. The molecule has 4 amide bonds. The first-order valence-corrected chi connectivity index (χ1v) is 12.9. The Morgan fingerprint density at radius 1 is 1.17 bits per heavy atom. The number of hydrazine groups is 1. The van der Waals surface area contributed by atoms with Crippen molar-refractivity contribution < 1.29 is 14.4 Å². The Bertz CT molecular complexity index is 1130. The number of carbonyl (C=O) groups excluding carboxylic acids is 3. The summed E-state index contributed by atoms with van der Waals surface area (Å²) in [4.78, 5) is 37.9.